The van der Waals surface area contributed by atoms with E-state index in [2.05, 4.69) is 0 Å². The molecule has 1 saturated heterocycles. The smallest absolute Gasteiger partial charge is 0.260 e. The molecule has 1 heterocycles. The number of ether oxygens (including phenoxy) is 2. The number of hydrogen-bond donors (Lipinski definition) is 1. The van der Waals surface area contributed by atoms with Gasteiger partial charge in [0.2, 0.25) is 0 Å². The van der Waals surface area contributed by atoms with Crippen LogP contribution >= 0.6 is 0 Å². The standard InChI is InChI=1S/C14H19NO4/c1-3-14(17)9-15(10-14)13(16)8-19-12-6-4-11(18-2)5-7-12/h4-7,17H,3,8-10H2,1-2H3. The number of likely N-dealkylation sites (tertiary alicyclic amines) is 1. The van der Waals surface area contributed by atoms with E-state index < -0.39 is 5.60 Å². The Morgan fingerprint density at radius 3 is 2.42 bits per heavy atom. The van der Waals surface area contributed by atoms with E-state index >= 15 is 0 Å². The van der Waals surface area contributed by atoms with Gasteiger partial charge in [-0.3, -0.25) is 4.79 Å². The molecule has 1 aliphatic rings. The van der Waals surface area contributed by atoms with Crippen molar-refractivity contribution in [2.24, 2.45) is 0 Å². The van der Waals surface area contributed by atoms with Gasteiger partial charge in [0.05, 0.1) is 25.8 Å². The van der Waals surface area contributed by atoms with Gasteiger partial charge in [-0.2, -0.15) is 0 Å². The highest BCUT2D eigenvalue weighted by atomic mass is 16.5. The normalized spacial score (nSPS) is 16.7. The Hall–Kier alpha value is -1.75. The average molecular weight is 265 g/mol. The van der Waals surface area contributed by atoms with Crippen molar-refractivity contribution >= 4 is 5.91 Å². The van der Waals surface area contributed by atoms with Crippen molar-refractivity contribution in [3.05, 3.63) is 24.3 Å². The van der Waals surface area contributed by atoms with Crippen LogP contribution in [0.3, 0.4) is 0 Å². The summed E-state index contributed by atoms with van der Waals surface area (Å²) in [5, 5.41) is 9.83. The van der Waals surface area contributed by atoms with Gasteiger partial charge in [0.25, 0.3) is 5.91 Å². The number of β-amino-alcohol motifs (C(OH)–C–C–N with tert-alkyl or cyclic N) is 1. The van der Waals surface area contributed by atoms with E-state index in [0.717, 1.165) is 5.75 Å². The summed E-state index contributed by atoms with van der Waals surface area (Å²) in [7, 11) is 1.60. The fraction of sp³-hybridized carbons (Fsp3) is 0.500. The molecule has 1 aromatic rings. The van der Waals surface area contributed by atoms with E-state index in [1.165, 1.54) is 0 Å². The molecule has 1 amide bonds. The van der Waals surface area contributed by atoms with E-state index in [0.29, 0.717) is 25.3 Å². The molecule has 5 heteroatoms. The third-order valence-corrected chi connectivity index (χ3v) is 3.40. The molecular weight excluding hydrogens is 246 g/mol. The molecule has 0 unspecified atom stereocenters. The maximum Gasteiger partial charge on any atom is 0.260 e. The maximum atomic E-state index is 11.8. The van der Waals surface area contributed by atoms with Crippen LogP contribution in [-0.4, -0.2) is 48.3 Å². The average Bonchev–Trinajstić information content (AvgIpc) is 2.41. The van der Waals surface area contributed by atoms with Crippen LogP contribution in [0.15, 0.2) is 24.3 Å². The second kappa shape index (κ2) is 5.48. The van der Waals surface area contributed by atoms with Crippen molar-refractivity contribution in [1.29, 1.82) is 0 Å². The topological polar surface area (TPSA) is 59.0 Å². The van der Waals surface area contributed by atoms with Gasteiger partial charge in [0.1, 0.15) is 11.5 Å². The van der Waals surface area contributed by atoms with Gasteiger partial charge in [-0.05, 0) is 30.7 Å². The number of methoxy groups -OCH3 is 1. The molecule has 0 aromatic heterocycles. The Kier molecular flexibility index (Phi) is 3.95. The molecule has 1 aromatic carbocycles. The molecule has 0 saturated carbocycles. The van der Waals surface area contributed by atoms with Crippen LogP contribution < -0.4 is 9.47 Å². The van der Waals surface area contributed by atoms with E-state index in [9.17, 15) is 9.90 Å². The van der Waals surface area contributed by atoms with Crippen molar-refractivity contribution in [2.75, 3.05) is 26.8 Å². The highest BCUT2D eigenvalue weighted by Gasteiger charge is 2.41. The highest BCUT2D eigenvalue weighted by molar-refractivity contribution is 5.79. The van der Waals surface area contributed by atoms with Crippen molar-refractivity contribution in [3.63, 3.8) is 0 Å². The summed E-state index contributed by atoms with van der Waals surface area (Å²) >= 11 is 0. The number of nitrogens with zero attached hydrogens (tertiary/aromatic N) is 1. The van der Waals surface area contributed by atoms with Crippen LogP contribution in [0.5, 0.6) is 11.5 Å². The molecule has 104 valence electrons. The van der Waals surface area contributed by atoms with E-state index in [4.69, 9.17) is 9.47 Å². The van der Waals surface area contributed by atoms with E-state index in [1.807, 2.05) is 6.92 Å². The Bertz CT molecular complexity index is 437. The number of benzene rings is 1. The Labute approximate surface area is 112 Å². The molecule has 0 aliphatic carbocycles. The summed E-state index contributed by atoms with van der Waals surface area (Å²) in [5.74, 6) is 1.27. The number of hydrogen-bond acceptors (Lipinski definition) is 4. The largest absolute Gasteiger partial charge is 0.497 e. The minimum Gasteiger partial charge on any atom is -0.497 e. The first-order valence-electron chi connectivity index (χ1n) is 6.33. The first kappa shape index (κ1) is 13.7. The number of carbonyl (C=O) groups is 1. The lowest BCUT2D eigenvalue weighted by Crippen LogP contribution is -2.63. The molecule has 5 nitrogen and oxygen atoms in total. The second-order valence-electron chi connectivity index (χ2n) is 4.79. The van der Waals surface area contributed by atoms with Gasteiger partial charge >= 0.3 is 0 Å². The third kappa shape index (κ3) is 3.17. The van der Waals surface area contributed by atoms with E-state index in [1.54, 1.807) is 36.3 Å². The zero-order chi connectivity index (χ0) is 13.9. The molecule has 0 spiro atoms. The Morgan fingerprint density at radius 2 is 1.89 bits per heavy atom. The van der Waals surface area contributed by atoms with Crippen LogP contribution in [0.4, 0.5) is 0 Å². The van der Waals surface area contributed by atoms with Crippen molar-refractivity contribution in [2.45, 2.75) is 18.9 Å². The van der Waals surface area contributed by atoms with E-state index in [-0.39, 0.29) is 12.5 Å². The maximum absolute atomic E-state index is 11.8. The fourth-order valence-corrected chi connectivity index (χ4v) is 1.97. The van der Waals surface area contributed by atoms with Crippen LogP contribution in [0.25, 0.3) is 0 Å². The van der Waals surface area contributed by atoms with Crippen LogP contribution in [0, 0.1) is 0 Å². The van der Waals surface area contributed by atoms with Crippen molar-refractivity contribution in [1.82, 2.24) is 4.90 Å². The second-order valence-corrected chi connectivity index (χ2v) is 4.79. The molecule has 1 fully saturated rings. The molecule has 1 N–H and O–H groups in total. The molecule has 19 heavy (non-hydrogen) atoms. The lowest BCUT2D eigenvalue weighted by Gasteiger charge is -2.45. The number of carbonyl (C=O) groups excluding carboxylic acids is 1. The minimum atomic E-state index is -0.699. The van der Waals surface area contributed by atoms with Gasteiger partial charge in [-0.1, -0.05) is 6.92 Å². The summed E-state index contributed by atoms with van der Waals surface area (Å²) in [4.78, 5) is 13.4. The zero-order valence-corrected chi connectivity index (χ0v) is 11.3. The van der Waals surface area contributed by atoms with Gasteiger partial charge in [0.15, 0.2) is 6.61 Å². The lowest BCUT2D eigenvalue weighted by molar-refractivity contribution is -0.157. The predicted octanol–water partition coefficient (Wildman–Crippen LogP) is 1.06. The van der Waals surface area contributed by atoms with Crippen LogP contribution in [0.1, 0.15) is 13.3 Å². The molecular formula is C14H19NO4. The number of aliphatic hydroxyl groups is 1. The van der Waals surface area contributed by atoms with Crippen LogP contribution in [-0.2, 0) is 4.79 Å². The summed E-state index contributed by atoms with van der Waals surface area (Å²) in [6, 6.07) is 7.06. The summed E-state index contributed by atoms with van der Waals surface area (Å²) < 4.78 is 10.4. The summed E-state index contributed by atoms with van der Waals surface area (Å²) in [6.45, 7) is 2.70. The van der Waals surface area contributed by atoms with Gasteiger partial charge < -0.3 is 19.5 Å². The first-order chi connectivity index (χ1) is 9.06. The quantitative estimate of drug-likeness (QED) is 0.864. The monoisotopic (exact) mass is 265 g/mol. The fourth-order valence-electron chi connectivity index (χ4n) is 1.97. The van der Waals surface area contributed by atoms with Crippen molar-refractivity contribution < 1.29 is 19.4 Å². The van der Waals surface area contributed by atoms with Gasteiger partial charge in [0, 0.05) is 0 Å². The SMILES string of the molecule is CCC1(O)CN(C(=O)COc2ccc(OC)cc2)C1. The zero-order valence-electron chi connectivity index (χ0n) is 11.3. The summed E-state index contributed by atoms with van der Waals surface area (Å²) in [6.07, 6.45) is 0.663. The Balaban J connectivity index is 1.78. The van der Waals surface area contributed by atoms with Gasteiger partial charge in [-0.25, -0.2) is 0 Å². The molecule has 1 aliphatic heterocycles. The molecule has 0 bridgehead atoms. The van der Waals surface area contributed by atoms with Crippen LogP contribution in [0.2, 0.25) is 0 Å². The number of rotatable bonds is 5. The highest BCUT2D eigenvalue weighted by Crippen LogP contribution is 2.24. The van der Waals surface area contributed by atoms with Crippen molar-refractivity contribution in [3.8, 4) is 11.5 Å². The third-order valence-electron chi connectivity index (χ3n) is 3.40. The first-order valence-corrected chi connectivity index (χ1v) is 6.33. The van der Waals surface area contributed by atoms with Gasteiger partial charge in [-0.15, -0.1) is 0 Å². The minimum absolute atomic E-state index is 0.00781. The predicted molar refractivity (Wildman–Crippen MR) is 70.3 cm³/mol. The lowest BCUT2D eigenvalue weighted by atomic mass is 9.91. The summed E-state index contributed by atoms with van der Waals surface area (Å²) in [5.41, 5.74) is -0.699. The molecule has 2 rings (SSSR count). The molecule has 0 atom stereocenters. The number of amides is 1. The molecule has 0 radical (unpaired) electrons. The Morgan fingerprint density at radius 1 is 1.32 bits per heavy atom.